The molecule has 7 nitrogen and oxygen atoms in total. The van der Waals surface area contributed by atoms with Crippen LogP contribution < -0.4 is 10.1 Å². The fourth-order valence-electron chi connectivity index (χ4n) is 3.06. The van der Waals surface area contributed by atoms with Crippen LogP contribution in [0.4, 0.5) is 0 Å². The van der Waals surface area contributed by atoms with Crippen molar-refractivity contribution in [3.05, 3.63) is 54.6 Å². The highest BCUT2D eigenvalue weighted by molar-refractivity contribution is 5.83. The molecule has 0 unspecified atom stereocenters. The van der Waals surface area contributed by atoms with Crippen molar-refractivity contribution in [3.8, 4) is 5.75 Å². The van der Waals surface area contributed by atoms with Gasteiger partial charge in [0.15, 0.2) is 0 Å². The molecule has 1 aliphatic rings. The third kappa shape index (κ3) is 5.77. The fraction of sp³-hybridized carbons (Fsp3) is 0.400. The van der Waals surface area contributed by atoms with Gasteiger partial charge in [-0.15, -0.1) is 0 Å². The molecular formula is C20H24N4O3. The number of hydrogen-bond acceptors (Lipinski definition) is 5. The Morgan fingerprint density at radius 2 is 2.19 bits per heavy atom. The van der Waals surface area contributed by atoms with Crippen LogP contribution in [0.15, 0.2) is 48.9 Å². The van der Waals surface area contributed by atoms with E-state index in [9.17, 15) is 9.59 Å². The van der Waals surface area contributed by atoms with E-state index in [0.717, 1.165) is 5.69 Å². The molecule has 3 rings (SSSR count). The molecule has 27 heavy (non-hydrogen) atoms. The molecule has 2 aromatic heterocycles. The second-order valence-electron chi connectivity index (χ2n) is 6.47. The number of piperidine rings is 1. The summed E-state index contributed by atoms with van der Waals surface area (Å²) in [6.07, 6.45) is 6.75. The lowest BCUT2D eigenvalue weighted by Gasteiger charge is -2.32. The maximum Gasteiger partial charge on any atom is 0.225 e. The monoisotopic (exact) mass is 368 g/mol. The van der Waals surface area contributed by atoms with Crippen molar-refractivity contribution in [2.75, 3.05) is 26.2 Å². The SMILES string of the molecule is O=C(NCCOc1cccnc1)[C@@H]1CCC(=O)N(CCc2ccccn2)C1. The minimum atomic E-state index is -0.176. The van der Waals surface area contributed by atoms with Crippen molar-refractivity contribution in [1.29, 1.82) is 0 Å². The average molecular weight is 368 g/mol. The normalized spacial score (nSPS) is 16.8. The number of carbonyl (C=O) groups is 2. The lowest BCUT2D eigenvalue weighted by molar-refractivity contribution is -0.138. The van der Waals surface area contributed by atoms with Crippen molar-refractivity contribution in [2.24, 2.45) is 5.92 Å². The first-order chi connectivity index (χ1) is 13.2. The standard InChI is InChI=1S/C20H24N4O3/c25-19-7-6-16(15-24(19)12-8-17-4-1-2-10-22-17)20(26)23-11-13-27-18-5-3-9-21-14-18/h1-5,9-10,14,16H,6-8,11-13,15H2,(H,23,26)/t16-/m1/s1. The minimum Gasteiger partial charge on any atom is -0.490 e. The molecule has 1 fully saturated rings. The van der Waals surface area contributed by atoms with Gasteiger partial charge in [-0.05, 0) is 30.7 Å². The molecule has 1 saturated heterocycles. The molecule has 7 heteroatoms. The summed E-state index contributed by atoms with van der Waals surface area (Å²) >= 11 is 0. The van der Waals surface area contributed by atoms with Crippen molar-refractivity contribution >= 4 is 11.8 Å². The van der Waals surface area contributed by atoms with Crippen molar-refractivity contribution < 1.29 is 14.3 Å². The van der Waals surface area contributed by atoms with Gasteiger partial charge >= 0.3 is 0 Å². The van der Waals surface area contributed by atoms with E-state index in [4.69, 9.17) is 4.74 Å². The molecule has 142 valence electrons. The number of amides is 2. The van der Waals surface area contributed by atoms with E-state index in [1.165, 1.54) is 0 Å². The van der Waals surface area contributed by atoms with Crippen LogP contribution >= 0.6 is 0 Å². The highest BCUT2D eigenvalue weighted by atomic mass is 16.5. The van der Waals surface area contributed by atoms with Crippen molar-refractivity contribution in [3.63, 3.8) is 0 Å². The maximum absolute atomic E-state index is 12.4. The fourth-order valence-corrected chi connectivity index (χ4v) is 3.06. The summed E-state index contributed by atoms with van der Waals surface area (Å²) < 4.78 is 5.52. The second-order valence-corrected chi connectivity index (χ2v) is 6.47. The Kier molecular flexibility index (Phi) is 6.73. The largest absolute Gasteiger partial charge is 0.490 e. The van der Waals surface area contributed by atoms with Gasteiger partial charge in [-0.1, -0.05) is 6.07 Å². The van der Waals surface area contributed by atoms with Gasteiger partial charge in [-0.25, -0.2) is 0 Å². The van der Waals surface area contributed by atoms with E-state index in [2.05, 4.69) is 15.3 Å². The first kappa shape index (κ1) is 18.8. The number of nitrogens with zero attached hydrogens (tertiary/aromatic N) is 3. The Hall–Kier alpha value is -2.96. The summed E-state index contributed by atoms with van der Waals surface area (Å²) in [7, 11) is 0. The summed E-state index contributed by atoms with van der Waals surface area (Å²) in [4.78, 5) is 34.6. The van der Waals surface area contributed by atoms with Gasteiger partial charge in [-0.3, -0.25) is 19.6 Å². The van der Waals surface area contributed by atoms with Crippen molar-refractivity contribution in [2.45, 2.75) is 19.3 Å². The van der Waals surface area contributed by atoms with Crippen LogP contribution in [0.3, 0.4) is 0 Å². The van der Waals surface area contributed by atoms with Gasteiger partial charge in [0.2, 0.25) is 11.8 Å². The van der Waals surface area contributed by atoms with Crippen LogP contribution in [0.25, 0.3) is 0 Å². The Morgan fingerprint density at radius 3 is 2.96 bits per heavy atom. The quantitative estimate of drug-likeness (QED) is 0.713. The van der Waals surface area contributed by atoms with Gasteiger partial charge < -0.3 is 15.0 Å². The van der Waals surface area contributed by atoms with Gasteiger partial charge in [0.25, 0.3) is 0 Å². The molecule has 0 radical (unpaired) electrons. The van der Waals surface area contributed by atoms with E-state index < -0.39 is 0 Å². The van der Waals surface area contributed by atoms with Gasteiger partial charge in [0.1, 0.15) is 12.4 Å². The van der Waals surface area contributed by atoms with Crippen LogP contribution in [0, 0.1) is 5.92 Å². The van der Waals surface area contributed by atoms with Crippen LogP contribution in [-0.2, 0) is 16.0 Å². The van der Waals surface area contributed by atoms with Gasteiger partial charge in [0.05, 0.1) is 18.7 Å². The molecule has 2 aromatic rings. The number of ether oxygens (including phenoxy) is 1. The third-order valence-corrected chi connectivity index (χ3v) is 4.54. The molecule has 3 heterocycles. The molecule has 1 aliphatic heterocycles. The second kappa shape index (κ2) is 9.66. The first-order valence-corrected chi connectivity index (χ1v) is 9.20. The Labute approximate surface area is 158 Å². The smallest absolute Gasteiger partial charge is 0.225 e. The number of nitrogens with one attached hydrogen (secondary N) is 1. The van der Waals surface area contributed by atoms with E-state index in [0.29, 0.717) is 51.3 Å². The molecule has 2 amide bonds. The summed E-state index contributed by atoms with van der Waals surface area (Å²) in [5.74, 6) is 0.579. The summed E-state index contributed by atoms with van der Waals surface area (Å²) in [6.45, 7) is 1.85. The number of pyridine rings is 2. The highest BCUT2D eigenvalue weighted by Crippen LogP contribution is 2.18. The van der Waals surface area contributed by atoms with Crippen LogP contribution in [0.5, 0.6) is 5.75 Å². The number of hydrogen-bond donors (Lipinski definition) is 1. The Bertz CT molecular complexity index is 739. The lowest BCUT2D eigenvalue weighted by Crippen LogP contribution is -2.46. The topological polar surface area (TPSA) is 84.4 Å². The number of aromatic nitrogens is 2. The zero-order chi connectivity index (χ0) is 18.9. The minimum absolute atomic E-state index is 0.0277. The summed E-state index contributed by atoms with van der Waals surface area (Å²) in [5, 5.41) is 2.90. The van der Waals surface area contributed by atoms with E-state index in [-0.39, 0.29) is 17.7 Å². The zero-order valence-electron chi connectivity index (χ0n) is 15.2. The average Bonchev–Trinajstić information content (AvgIpc) is 2.72. The molecule has 0 aromatic carbocycles. The van der Waals surface area contributed by atoms with Crippen LogP contribution in [0.2, 0.25) is 0 Å². The maximum atomic E-state index is 12.4. The van der Waals surface area contributed by atoms with E-state index >= 15 is 0 Å². The molecule has 0 spiro atoms. The lowest BCUT2D eigenvalue weighted by atomic mass is 9.96. The molecular weight excluding hydrogens is 344 g/mol. The highest BCUT2D eigenvalue weighted by Gasteiger charge is 2.29. The zero-order valence-corrected chi connectivity index (χ0v) is 15.2. The van der Waals surface area contributed by atoms with Crippen molar-refractivity contribution in [1.82, 2.24) is 20.2 Å². The molecule has 0 aliphatic carbocycles. The number of rotatable bonds is 8. The van der Waals surface area contributed by atoms with Crippen LogP contribution in [-0.4, -0.2) is 52.9 Å². The molecule has 1 atom stereocenters. The van der Waals surface area contributed by atoms with Gasteiger partial charge in [-0.2, -0.15) is 0 Å². The third-order valence-electron chi connectivity index (χ3n) is 4.54. The number of carbonyl (C=O) groups excluding carboxylic acids is 2. The first-order valence-electron chi connectivity index (χ1n) is 9.20. The molecule has 0 saturated carbocycles. The van der Waals surface area contributed by atoms with Crippen LogP contribution in [0.1, 0.15) is 18.5 Å². The van der Waals surface area contributed by atoms with Gasteiger partial charge in [0, 0.05) is 44.0 Å². The predicted molar refractivity (Wildman–Crippen MR) is 100.0 cm³/mol. The molecule has 1 N–H and O–H groups in total. The molecule has 0 bridgehead atoms. The Balaban J connectivity index is 1.41. The van der Waals surface area contributed by atoms with E-state index in [1.54, 1.807) is 29.6 Å². The van der Waals surface area contributed by atoms with E-state index in [1.807, 2.05) is 24.3 Å². The summed E-state index contributed by atoms with van der Waals surface area (Å²) in [5.41, 5.74) is 0.949. The predicted octanol–water partition coefficient (Wildman–Crippen LogP) is 1.45. The summed E-state index contributed by atoms with van der Waals surface area (Å²) in [6, 6.07) is 9.37. The number of likely N-dealkylation sites (tertiary alicyclic amines) is 1. The Morgan fingerprint density at radius 1 is 1.26 bits per heavy atom.